The average molecular weight is 178 g/mol. The van der Waals surface area contributed by atoms with Crippen LogP contribution in [-0.2, 0) is 0 Å². The molecule has 0 radical (unpaired) electrons. The van der Waals surface area contributed by atoms with E-state index in [0.717, 1.165) is 37.9 Å². The molecule has 2 aliphatic rings. The van der Waals surface area contributed by atoms with Gasteiger partial charge >= 0.3 is 0 Å². The van der Waals surface area contributed by atoms with Crippen LogP contribution in [0.1, 0.15) is 19.3 Å². The Kier molecular flexibility index (Phi) is 2.90. The molecule has 1 N–H and O–H groups in total. The summed E-state index contributed by atoms with van der Waals surface area (Å²) in [5.41, 5.74) is 2.41. The quantitative estimate of drug-likeness (QED) is 0.557. The molecule has 64 valence electrons. The summed E-state index contributed by atoms with van der Waals surface area (Å²) in [7, 11) is 0. The molecule has 0 saturated heterocycles. The Labute approximate surface area is 72.5 Å². The molecular formula is C8H13ClFN. The molecule has 3 heteroatoms. The molecule has 0 fully saturated rings. The van der Waals surface area contributed by atoms with Gasteiger partial charge in [-0.05, 0) is 24.8 Å². The zero-order valence-corrected chi connectivity index (χ0v) is 7.22. The summed E-state index contributed by atoms with van der Waals surface area (Å²) in [5, 5.41) is 3.18. The SMILES string of the molecule is Cl.FC1CCCC2=C1CNC2. The first-order chi connectivity index (χ1) is 4.88. The van der Waals surface area contributed by atoms with Gasteiger partial charge < -0.3 is 5.32 Å². The second kappa shape index (κ2) is 3.55. The van der Waals surface area contributed by atoms with Crippen molar-refractivity contribution in [3.8, 4) is 0 Å². The van der Waals surface area contributed by atoms with E-state index in [1.165, 1.54) is 5.57 Å². The highest BCUT2D eigenvalue weighted by atomic mass is 35.5. The van der Waals surface area contributed by atoms with Crippen molar-refractivity contribution in [2.75, 3.05) is 13.1 Å². The molecule has 0 saturated carbocycles. The summed E-state index contributed by atoms with van der Waals surface area (Å²) in [6, 6.07) is 0. The smallest absolute Gasteiger partial charge is 0.123 e. The first-order valence-corrected chi connectivity index (χ1v) is 3.93. The Bertz CT molecular complexity index is 179. The summed E-state index contributed by atoms with van der Waals surface area (Å²) in [5.74, 6) is 0. The van der Waals surface area contributed by atoms with E-state index < -0.39 is 6.17 Å². The maximum atomic E-state index is 13.0. The first kappa shape index (κ1) is 9.01. The molecular weight excluding hydrogens is 165 g/mol. The summed E-state index contributed by atoms with van der Waals surface area (Å²) in [4.78, 5) is 0. The van der Waals surface area contributed by atoms with Gasteiger partial charge in [0.15, 0.2) is 0 Å². The molecule has 1 heterocycles. The molecule has 0 aromatic rings. The van der Waals surface area contributed by atoms with Gasteiger partial charge in [-0.2, -0.15) is 0 Å². The summed E-state index contributed by atoms with van der Waals surface area (Å²) < 4.78 is 13.0. The minimum Gasteiger partial charge on any atom is -0.309 e. The number of halogens is 2. The van der Waals surface area contributed by atoms with E-state index in [4.69, 9.17) is 0 Å². The van der Waals surface area contributed by atoms with E-state index in [1.54, 1.807) is 0 Å². The fourth-order valence-corrected chi connectivity index (χ4v) is 1.84. The Morgan fingerprint density at radius 1 is 1.36 bits per heavy atom. The van der Waals surface area contributed by atoms with Crippen LogP contribution >= 0.6 is 12.4 Å². The van der Waals surface area contributed by atoms with Gasteiger partial charge in [-0.3, -0.25) is 0 Å². The molecule has 1 atom stereocenters. The van der Waals surface area contributed by atoms with Crippen LogP contribution in [0.3, 0.4) is 0 Å². The van der Waals surface area contributed by atoms with Crippen LogP contribution in [0.5, 0.6) is 0 Å². The lowest BCUT2D eigenvalue weighted by Crippen LogP contribution is -2.14. The van der Waals surface area contributed by atoms with E-state index >= 15 is 0 Å². The largest absolute Gasteiger partial charge is 0.309 e. The van der Waals surface area contributed by atoms with Crippen LogP contribution in [0.2, 0.25) is 0 Å². The Hall–Kier alpha value is -0.0800. The number of hydrogen-bond donors (Lipinski definition) is 1. The molecule has 0 aromatic carbocycles. The first-order valence-electron chi connectivity index (χ1n) is 3.93. The second-order valence-corrected chi connectivity index (χ2v) is 3.09. The average Bonchev–Trinajstić information content (AvgIpc) is 2.36. The normalized spacial score (nSPS) is 29.7. The topological polar surface area (TPSA) is 12.0 Å². The maximum absolute atomic E-state index is 13.0. The van der Waals surface area contributed by atoms with Crippen molar-refractivity contribution in [2.45, 2.75) is 25.4 Å². The minimum absolute atomic E-state index is 0. The van der Waals surface area contributed by atoms with Gasteiger partial charge in [0.2, 0.25) is 0 Å². The number of hydrogen-bond acceptors (Lipinski definition) is 1. The molecule has 1 aliphatic carbocycles. The molecule has 2 rings (SSSR count). The maximum Gasteiger partial charge on any atom is 0.123 e. The zero-order chi connectivity index (χ0) is 6.97. The molecule has 0 aromatic heterocycles. The van der Waals surface area contributed by atoms with Crippen LogP contribution < -0.4 is 5.32 Å². The highest BCUT2D eigenvalue weighted by Crippen LogP contribution is 2.29. The third-order valence-electron chi connectivity index (χ3n) is 2.42. The zero-order valence-electron chi connectivity index (χ0n) is 6.40. The Balaban J connectivity index is 0.000000605. The van der Waals surface area contributed by atoms with Crippen LogP contribution in [0, 0.1) is 0 Å². The highest BCUT2D eigenvalue weighted by Gasteiger charge is 2.25. The van der Waals surface area contributed by atoms with Gasteiger partial charge in [0.1, 0.15) is 6.17 Å². The van der Waals surface area contributed by atoms with Crippen LogP contribution in [0.4, 0.5) is 4.39 Å². The van der Waals surface area contributed by atoms with E-state index in [2.05, 4.69) is 5.32 Å². The van der Waals surface area contributed by atoms with Crippen molar-refractivity contribution in [1.29, 1.82) is 0 Å². The molecule has 11 heavy (non-hydrogen) atoms. The van der Waals surface area contributed by atoms with Gasteiger partial charge in [-0.25, -0.2) is 4.39 Å². The van der Waals surface area contributed by atoms with Gasteiger partial charge in [-0.15, -0.1) is 12.4 Å². The fourth-order valence-electron chi connectivity index (χ4n) is 1.84. The Morgan fingerprint density at radius 3 is 2.91 bits per heavy atom. The van der Waals surface area contributed by atoms with E-state index in [-0.39, 0.29) is 12.4 Å². The van der Waals surface area contributed by atoms with Crippen LogP contribution in [0.15, 0.2) is 11.1 Å². The van der Waals surface area contributed by atoms with Crippen molar-refractivity contribution < 1.29 is 4.39 Å². The summed E-state index contributed by atoms with van der Waals surface area (Å²) in [6.45, 7) is 1.74. The van der Waals surface area contributed by atoms with Crippen LogP contribution in [0.25, 0.3) is 0 Å². The van der Waals surface area contributed by atoms with Crippen LogP contribution in [-0.4, -0.2) is 19.3 Å². The second-order valence-electron chi connectivity index (χ2n) is 3.09. The highest BCUT2D eigenvalue weighted by molar-refractivity contribution is 5.85. The predicted molar refractivity (Wildman–Crippen MR) is 45.9 cm³/mol. The summed E-state index contributed by atoms with van der Waals surface area (Å²) in [6.07, 6.45) is 2.30. The number of alkyl halides is 1. The number of rotatable bonds is 0. The van der Waals surface area contributed by atoms with Crippen molar-refractivity contribution in [1.82, 2.24) is 5.32 Å². The monoisotopic (exact) mass is 177 g/mol. The standard InChI is InChI=1S/C8H12FN.ClH/c9-8-3-1-2-6-4-10-5-7(6)8;/h8,10H,1-5H2;1H. The van der Waals surface area contributed by atoms with E-state index in [9.17, 15) is 4.39 Å². The lowest BCUT2D eigenvalue weighted by atomic mass is 9.93. The number of nitrogens with one attached hydrogen (secondary N) is 1. The molecule has 0 spiro atoms. The van der Waals surface area contributed by atoms with Crippen molar-refractivity contribution in [3.05, 3.63) is 11.1 Å². The van der Waals surface area contributed by atoms with E-state index in [1.807, 2.05) is 0 Å². The predicted octanol–water partition coefficient (Wildman–Crippen LogP) is 1.83. The fraction of sp³-hybridized carbons (Fsp3) is 0.750. The molecule has 0 bridgehead atoms. The van der Waals surface area contributed by atoms with Gasteiger partial charge in [0.25, 0.3) is 0 Å². The van der Waals surface area contributed by atoms with Gasteiger partial charge in [0.05, 0.1) is 0 Å². The van der Waals surface area contributed by atoms with Gasteiger partial charge in [0, 0.05) is 13.1 Å². The van der Waals surface area contributed by atoms with Gasteiger partial charge in [-0.1, -0.05) is 5.57 Å². The lowest BCUT2D eigenvalue weighted by molar-refractivity contribution is 0.338. The third-order valence-corrected chi connectivity index (χ3v) is 2.42. The van der Waals surface area contributed by atoms with Crippen molar-refractivity contribution >= 4 is 12.4 Å². The third kappa shape index (κ3) is 1.57. The van der Waals surface area contributed by atoms with Crippen molar-refractivity contribution in [3.63, 3.8) is 0 Å². The minimum atomic E-state index is -0.626. The van der Waals surface area contributed by atoms with Crippen molar-refractivity contribution in [2.24, 2.45) is 0 Å². The van der Waals surface area contributed by atoms with E-state index in [0.29, 0.717) is 0 Å². The molecule has 0 amide bonds. The lowest BCUT2D eigenvalue weighted by Gasteiger charge is -2.16. The Morgan fingerprint density at radius 2 is 2.18 bits per heavy atom. The molecule has 1 nitrogen and oxygen atoms in total. The molecule has 1 aliphatic heterocycles. The summed E-state index contributed by atoms with van der Waals surface area (Å²) >= 11 is 0. The molecule has 1 unspecified atom stereocenters.